The van der Waals surface area contributed by atoms with Gasteiger partial charge in [0.1, 0.15) is 0 Å². The Morgan fingerprint density at radius 2 is 1.65 bits per heavy atom. The van der Waals surface area contributed by atoms with E-state index in [-0.39, 0.29) is 5.69 Å². The molecule has 0 aromatic heterocycles. The Hall–Kier alpha value is -1.01. The summed E-state index contributed by atoms with van der Waals surface area (Å²) in [5.74, 6) is 1.45. The SMILES string of the molecule is CCCCOP(=O)(/C=C/c1ccc([NH+]([O-])O)cc1)OCCCC. The van der Waals surface area contributed by atoms with E-state index in [2.05, 4.69) is 0 Å². The van der Waals surface area contributed by atoms with E-state index in [1.807, 2.05) is 13.8 Å². The standard InChI is InChI=1S/C16H26NO5P/c1-3-5-12-21-23(20,22-13-6-4-2)14-11-15-7-9-16(10-8-15)17(18)19/h7-11,14,17-18H,3-6,12-13H2,1-2H3/b14-11+. The highest BCUT2D eigenvalue weighted by Crippen LogP contribution is 2.50. The normalized spacial score (nSPS) is 13.6. The molecule has 0 saturated carbocycles. The van der Waals surface area contributed by atoms with E-state index in [9.17, 15) is 9.77 Å². The molecule has 6 nitrogen and oxygen atoms in total. The smallest absolute Gasteiger partial charge is 0.354 e. The maximum atomic E-state index is 12.7. The van der Waals surface area contributed by atoms with Gasteiger partial charge in [0.15, 0.2) is 5.69 Å². The molecule has 0 heterocycles. The summed E-state index contributed by atoms with van der Waals surface area (Å²) in [5, 5.41) is 18.7. The molecule has 0 spiro atoms. The van der Waals surface area contributed by atoms with Crippen molar-refractivity contribution in [2.45, 2.75) is 39.5 Å². The van der Waals surface area contributed by atoms with E-state index in [4.69, 9.17) is 14.3 Å². The van der Waals surface area contributed by atoms with Crippen molar-refractivity contribution in [1.29, 1.82) is 0 Å². The van der Waals surface area contributed by atoms with Crippen molar-refractivity contribution in [3.8, 4) is 0 Å². The molecule has 0 aliphatic carbocycles. The summed E-state index contributed by atoms with van der Waals surface area (Å²) < 4.78 is 23.6. The average molecular weight is 343 g/mol. The van der Waals surface area contributed by atoms with Crippen molar-refractivity contribution < 1.29 is 24.0 Å². The Labute approximate surface area is 137 Å². The number of quaternary nitrogens is 1. The van der Waals surface area contributed by atoms with E-state index in [1.165, 1.54) is 17.9 Å². The van der Waals surface area contributed by atoms with E-state index in [1.54, 1.807) is 18.2 Å². The highest BCUT2D eigenvalue weighted by molar-refractivity contribution is 7.57. The summed E-state index contributed by atoms with van der Waals surface area (Å²) in [5.41, 5.74) is 0.956. The number of rotatable bonds is 11. The Kier molecular flexibility index (Phi) is 9.33. The van der Waals surface area contributed by atoms with Crippen LogP contribution in [-0.4, -0.2) is 18.4 Å². The second-order valence-electron chi connectivity index (χ2n) is 5.16. The van der Waals surface area contributed by atoms with Gasteiger partial charge < -0.3 is 14.3 Å². The van der Waals surface area contributed by atoms with Gasteiger partial charge >= 0.3 is 7.60 Å². The second-order valence-corrected chi connectivity index (χ2v) is 7.05. The maximum Gasteiger partial charge on any atom is 0.354 e. The van der Waals surface area contributed by atoms with Gasteiger partial charge in [-0.2, -0.15) is 5.23 Å². The number of hydrogen-bond donors (Lipinski definition) is 2. The van der Waals surface area contributed by atoms with Crippen LogP contribution in [0.15, 0.2) is 30.1 Å². The molecule has 0 saturated heterocycles. The van der Waals surface area contributed by atoms with Crippen molar-refractivity contribution >= 4 is 19.4 Å². The lowest BCUT2D eigenvalue weighted by molar-refractivity contribution is -0.991. The fourth-order valence-electron chi connectivity index (χ4n) is 1.71. The van der Waals surface area contributed by atoms with Crippen LogP contribution in [0.2, 0.25) is 0 Å². The van der Waals surface area contributed by atoms with Gasteiger partial charge in [-0.3, -0.25) is 4.57 Å². The minimum atomic E-state index is -3.27. The van der Waals surface area contributed by atoms with Gasteiger partial charge in [0.2, 0.25) is 0 Å². The zero-order valence-electron chi connectivity index (χ0n) is 13.7. The van der Waals surface area contributed by atoms with Crippen LogP contribution < -0.4 is 5.23 Å². The molecule has 1 unspecified atom stereocenters. The third-order valence-electron chi connectivity index (χ3n) is 3.15. The molecule has 23 heavy (non-hydrogen) atoms. The molecule has 130 valence electrons. The molecule has 1 aromatic carbocycles. The molecule has 2 N–H and O–H groups in total. The molecule has 7 heteroatoms. The number of unbranched alkanes of at least 4 members (excludes halogenated alkanes) is 2. The summed E-state index contributed by atoms with van der Waals surface area (Å²) in [6, 6.07) is 6.32. The fourth-order valence-corrected chi connectivity index (χ4v) is 3.08. The molecule has 0 aliphatic heterocycles. The molecule has 1 rings (SSSR count). The monoisotopic (exact) mass is 343 g/mol. The number of benzene rings is 1. The van der Waals surface area contributed by atoms with Crippen molar-refractivity contribution in [3.63, 3.8) is 0 Å². The van der Waals surface area contributed by atoms with Crippen molar-refractivity contribution in [2.24, 2.45) is 0 Å². The predicted molar refractivity (Wildman–Crippen MR) is 90.6 cm³/mol. The molecule has 0 radical (unpaired) electrons. The number of nitrogens with one attached hydrogen (secondary N) is 1. The first-order chi connectivity index (χ1) is 11.0. The lowest BCUT2D eigenvalue weighted by Gasteiger charge is -2.15. The Balaban J connectivity index is 2.74. The highest BCUT2D eigenvalue weighted by atomic mass is 31.2. The van der Waals surface area contributed by atoms with Crippen LogP contribution in [0.3, 0.4) is 0 Å². The van der Waals surface area contributed by atoms with Crippen molar-refractivity contribution in [3.05, 3.63) is 40.9 Å². The first-order valence-corrected chi connectivity index (χ1v) is 9.53. The third-order valence-corrected chi connectivity index (χ3v) is 4.74. The topological polar surface area (TPSA) is 83.3 Å². The Morgan fingerprint density at radius 3 is 2.09 bits per heavy atom. The van der Waals surface area contributed by atoms with Gasteiger partial charge in [0.05, 0.1) is 13.2 Å². The van der Waals surface area contributed by atoms with Crippen LogP contribution in [0.4, 0.5) is 5.69 Å². The summed E-state index contributed by atoms with van der Waals surface area (Å²) in [7, 11) is -3.27. The maximum absolute atomic E-state index is 12.7. The molecular weight excluding hydrogens is 317 g/mol. The summed E-state index contributed by atoms with van der Waals surface area (Å²) in [4.78, 5) is 0. The average Bonchev–Trinajstić information content (AvgIpc) is 2.54. The molecule has 0 fully saturated rings. The van der Waals surface area contributed by atoms with Gasteiger partial charge in [0, 0.05) is 17.9 Å². The first kappa shape index (κ1) is 20.0. The van der Waals surface area contributed by atoms with Gasteiger partial charge in [-0.15, -0.1) is 0 Å². The molecule has 0 bridgehead atoms. The van der Waals surface area contributed by atoms with Crippen LogP contribution in [0, 0.1) is 5.21 Å². The van der Waals surface area contributed by atoms with Crippen LogP contribution >= 0.6 is 7.60 Å². The second kappa shape index (κ2) is 10.7. The van der Waals surface area contributed by atoms with E-state index >= 15 is 0 Å². The van der Waals surface area contributed by atoms with E-state index in [0.29, 0.717) is 13.2 Å². The van der Waals surface area contributed by atoms with Crippen molar-refractivity contribution in [1.82, 2.24) is 0 Å². The van der Waals surface area contributed by atoms with Crippen molar-refractivity contribution in [2.75, 3.05) is 13.2 Å². The summed E-state index contributed by atoms with van der Waals surface area (Å²) in [6.45, 7) is 4.85. The summed E-state index contributed by atoms with van der Waals surface area (Å²) in [6.07, 6.45) is 5.19. The fraction of sp³-hybridized carbons (Fsp3) is 0.500. The zero-order valence-corrected chi connectivity index (χ0v) is 14.6. The van der Waals surface area contributed by atoms with Crippen LogP contribution in [0.25, 0.3) is 6.08 Å². The minimum absolute atomic E-state index is 0.212. The summed E-state index contributed by atoms with van der Waals surface area (Å²) >= 11 is 0. The zero-order chi connectivity index (χ0) is 17.1. The van der Waals surface area contributed by atoms with Gasteiger partial charge in [-0.1, -0.05) is 26.7 Å². The van der Waals surface area contributed by atoms with Crippen LogP contribution in [0.1, 0.15) is 45.1 Å². The van der Waals surface area contributed by atoms with E-state index < -0.39 is 12.8 Å². The first-order valence-electron chi connectivity index (χ1n) is 7.92. The molecule has 1 atom stereocenters. The highest BCUT2D eigenvalue weighted by Gasteiger charge is 2.20. The number of hydrogen-bond acceptors (Lipinski definition) is 5. The molecule has 0 aliphatic rings. The minimum Gasteiger partial charge on any atom is -0.595 e. The van der Waals surface area contributed by atoms with Gasteiger partial charge in [-0.25, -0.2) is 5.21 Å². The predicted octanol–water partition coefficient (Wildman–Crippen LogP) is 3.89. The lowest BCUT2D eigenvalue weighted by atomic mass is 10.2. The van der Waals surface area contributed by atoms with Gasteiger partial charge in [-0.05, 0) is 36.6 Å². The van der Waals surface area contributed by atoms with Crippen LogP contribution in [0.5, 0.6) is 0 Å². The van der Waals surface area contributed by atoms with Gasteiger partial charge in [0.25, 0.3) is 0 Å². The Bertz CT molecular complexity index is 502. The largest absolute Gasteiger partial charge is 0.595 e. The van der Waals surface area contributed by atoms with Crippen LogP contribution in [-0.2, 0) is 13.6 Å². The quantitative estimate of drug-likeness (QED) is 0.362. The molecule has 0 amide bonds. The molecule has 1 aromatic rings. The Morgan fingerprint density at radius 1 is 1.13 bits per heavy atom. The molecular formula is C16H26NO5P. The third kappa shape index (κ3) is 7.88. The lowest BCUT2D eigenvalue weighted by Crippen LogP contribution is -2.99. The van der Waals surface area contributed by atoms with E-state index in [0.717, 1.165) is 31.2 Å².